The average molecular weight is 376 g/mol. The molecule has 3 aromatic rings. The van der Waals surface area contributed by atoms with Crippen LogP contribution in [0, 0.1) is 10.1 Å². The molecule has 23 heavy (non-hydrogen) atoms. The molecule has 0 aliphatic carbocycles. The third-order valence-electron chi connectivity index (χ3n) is 2.98. The lowest BCUT2D eigenvalue weighted by Crippen LogP contribution is -2.21. The van der Waals surface area contributed by atoms with Crippen LogP contribution in [0.1, 0.15) is 0 Å². The van der Waals surface area contributed by atoms with Gasteiger partial charge in [0.1, 0.15) is 5.69 Å². The first-order valence-corrected chi connectivity index (χ1v) is 7.27. The monoisotopic (exact) mass is 375 g/mol. The van der Waals surface area contributed by atoms with Crippen molar-refractivity contribution in [3.63, 3.8) is 0 Å². The Hall–Kier alpha value is -2.94. The van der Waals surface area contributed by atoms with Crippen LogP contribution in [0.4, 0.5) is 11.5 Å². The van der Waals surface area contributed by atoms with Crippen LogP contribution in [0.5, 0.6) is 0 Å². The fraction of sp³-hybridized carbons (Fsp3) is 0. The van der Waals surface area contributed by atoms with E-state index in [4.69, 9.17) is 0 Å². The van der Waals surface area contributed by atoms with Crippen molar-refractivity contribution < 1.29 is 10.1 Å². The second-order valence-corrected chi connectivity index (χ2v) is 5.42. The lowest BCUT2D eigenvalue weighted by molar-refractivity contribution is -0.391. The molecule has 1 heterocycles. The molecule has 0 bridgehead atoms. The van der Waals surface area contributed by atoms with Gasteiger partial charge in [0.2, 0.25) is 0 Å². The summed E-state index contributed by atoms with van der Waals surface area (Å²) < 4.78 is 0.850. The lowest BCUT2D eigenvalue weighted by atomic mass is 10.3. The summed E-state index contributed by atoms with van der Waals surface area (Å²) in [5.74, 6) is -0.542. The zero-order valence-corrected chi connectivity index (χ0v) is 13.2. The van der Waals surface area contributed by atoms with Crippen molar-refractivity contribution in [3.8, 4) is 5.69 Å². The van der Waals surface area contributed by atoms with Crippen LogP contribution in [-0.2, 0) is 0 Å². The van der Waals surface area contributed by atoms with Crippen molar-refractivity contribution in [2.45, 2.75) is 0 Å². The van der Waals surface area contributed by atoms with E-state index in [0.717, 1.165) is 9.27 Å². The maximum atomic E-state index is 11.2. The van der Waals surface area contributed by atoms with Gasteiger partial charge in [0.05, 0.1) is 10.8 Å². The van der Waals surface area contributed by atoms with Crippen LogP contribution in [-0.4, -0.2) is 24.9 Å². The molecule has 1 N–H and O–H groups in total. The molecule has 0 saturated carbocycles. The van der Waals surface area contributed by atoms with Gasteiger partial charge in [0.15, 0.2) is 0 Å². The standard InChI is InChI=1S/C14H10BrN5O3/c15-10-6-8-11(9-7-10)16-13-14(20(22)23)17-18(19(13)21)12-4-2-1-3-5-12/h1-9,21H. The predicted molar refractivity (Wildman–Crippen MR) is 84.8 cm³/mol. The average Bonchev–Trinajstić information content (AvgIpc) is 2.88. The minimum atomic E-state index is -0.691. The number of nitrogens with zero attached hydrogens (tertiary/aromatic N) is 5. The number of rotatable bonds is 3. The predicted octanol–water partition coefficient (Wildman–Crippen LogP) is 2.81. The molecule has 1 aromatic heterocycles. The van der Waals surface area contributed by atoms with Crippen LogP contribution in [0.2, 0.25) is 0 Å². The van der Waals surface area contributed by atoms with Crippen LogP contribution in [0.15, 0.2) is 64.1 Å². The molecule has 0 saturated heterocycles. The fourth-order valence-electron chi connectivity index (χ4n) is 1.94. The quantitative estimate of drug-likeness (QED) is 0.432. The van der Waals surface area contributed by atoms with Crippen LogP contribution < -0.4 is 5.49 Å². The third kappa shape index (κ3) is 2.99. The zero-order chi connectivity index (χ0) is 16.4. The van der Waals surface area contributed by atoms with Crippen molar-refractivity contribution in [1.29, 1.82) is 0 Å². The van der Waals surface area contributed by atoms with Crippen LogP contribution in [0.3, 0.4) is 0 Å². The number of para-hydroxylation sites is 1. The number of hydrogen-bond donors (Lipinski definition) is 1. The molecule has 0 radical (unpaired) electrons. The minimum Gasteiger partial charge on any atom is -0.409 e. The molecule has 0 atom stereocenters. The molecule has 0 fully saturated rings. The second-order valence-electron chi connectivity index (χ2n) is 4.51. The van der Waals surface area contributed by atoms with Gasteiger partial charge < -0.3 is 15.3 Å². The van der Waals surface area contributed by atoms with E-state index in [1.807, 2.05) is 0 Å². The SMILES string of the molecule is O=[N+]([O-])c1nn(-c2ccccc2)n(O)c1=Nc1ccc(Br)cc1. The molecular weight excluding hydrogens is 366 g/mol. The molecular formula is C14H10BrN5O3. The Kier molecular flexibility index (Phi) is 3.94. The number of nitro groups is 1. The van der Waals surface area contributed by atoms with Gasteiger partial charge in [-0.15, -0.1) is 0 Å². The van der Waals surface area contributed by atoms with E-state index in [9.17, 15) is 15.3 Å². The van der Waals surface area contributed by atoms with Gasteiger partial charge in [0.25, 0.3) is 5.49 Å². The van der Waals surface area contributed by atoms with Gasteiger partial charge in [0, 0.05) is 4.47 Å². The molecule has 8 nitrogen and oxygen atoms in total. The first-order chi connectivity index (χ1) is 11.1. The summed E-state index contributed by atoms with van der Waals surface area (Å²) in [6.07, 6.45) is 0. The van der Waals surface area contributed by atoms with Gasteiger partial charge in [-0.3, -0.25) is 0 Å². The first kappa shape index (κ1) is 15.0. The fourth-order valence-corrected chi connectivity index (χ4v) is 2.20. The molecule has 0 amide bonds. The van der Waals surface area contributed by atoms with Crippen molar-refractivity contribution >= 4 is 27.4 Å². The number of halogens is 1. The van der Waals surface area contributed by atoms with Crippen molar-refractivity contribution in [2.75, 3.05) is 0 Å². The molecule has 116 valence electrons. The summed E-state index contributed by atoms with van der Waals surface area (Å²) in [5, 5.41) is 25.3. The Bertz CT molecular complexity index is 916. The summed E-state index contributed by atoms with van der Waals surface area (Å²) in [6, 6.07) is 15.4. The van der Waals surface area contributed by atoms with Gasteiger partial charge in [-0.25, -0.2) is 4.99 Å². The van der Waals surface area contributed by atoms with Gasteiger partial charge in [-0.05, 0) is 46.1 Å². The van der Waals surface area contributed by atoms with Crippen molar-refractivity contribution in [3.05, 3.63) is 74.7 Å². The number of hydrogen-bond acceptors (Lipinski definition) is 5. The lowest BCUT2D eigenvalue weighted by Gasteiger charge is -1.98. The van der Waals surface area contributed by atoms with Gasteiger partial charge >= 0.3 is 5.82 Å². The topological polar surface area (TPSA) is 98.5 Å². The van der Waals surface area contributed by atoms with E-state index in [-0.39, 0.29) is 5.49 Å². The zero-order valence-electron chi connectivity index (χ0n) is 11.6. The number of aromatic nitrogens is 3. The highest BCUT2D eigenvalue weighted by molar-refractivity contribution is 9.10. The normalized spacial score (nSPS) is 11.6. The van der Waals surface area contributed by atoms with Crippen molar-refractivity contribution in [1.82, 2.24) is 14.7 Å². The Morgan fingerprint density at radius 1 is 1.13 bits per heavy atom. The van der Waals surface area contributed by atoms with E-state index in [2.05, 4.69) is 26.0 Å². The highest BCUT2D eigenvalue weighted by Crippen LogP contribution is 2.17. The molecule has 0 aliphatic heterocycles. The molecule has 3 rings (SSSR count). The van der Waals surface area contributed by atoms with E-state index < -0.39 is 10.7 Å². The molecule has 0 unspecified atom stereocenters. The molecule has 0 spiro atoms. The molecule has 2 aromatic carbocycles. The second kappa shape index (κ2) is 6.05. The molecule has 9 heteroatoms. The van der Waals surface area contributed by atoms with E-state index in [1.165, 1.54) is 0 Å². The van der Waals surface area contributed by atoms with E-state index in [0.29, 0.717) is 16.2 Å². The summed E-state index contributed by atoms with van der Waals surface area (Å²) in [6.45, 7) is 0. The first-order valence-electron chi connectivity index (χ1n) is 6.48. The third-order valence-corrected chi connectivity index (χ3v) is 3.51. The van der Waals surface area contributed by atoms with Crippen LogP contribution >= 0.6 is 15.9 Å². The number of benzene rings is 2. The summed E-state index contributed by atoms with van der Waals surface area (Å²) in [7, 11) is 0. The summed E-state index contributed by atoms with van der Waals surface area (Å²) in [5.41, 5.74) is 0.656. The summed E-state index contributed by atoms with van der Waals surface area (Å²) in [4.78, 5) is 16.2. The van der Waals surface area contributed by atoms with E-state index in [1.54, 1.807) is 54.6 Å². The largest absolute Gasteiger partial charge is 0.438 e. The Labute approximate surface area is 138 Å². The Morgan fingerprint density at radius 2 is 1.78 bits per heavy atom. The van der Waals surface area contributed by atoms with Gasteiger partial charge in [-0.1, -0.05) is 39.0 Å². The smallest absolute Gasteiger partial charge is 0.409 e. The Balaban J connectivity index is 2.22. The molecule has 0 aliphatic rings. The van der Waals surface area contributed by atoms with Crippen LogP contribution in [0.25, 0.3) is 5.69 Å². The minimum absolute atomic E-state index is 0.263. The van der Waals surface area contributed by atoms with E-state index >= 15 is 0 Å². The maximum Gasteiger partial charge on any atom is 0.438 e. The maximum absolute atomic E-state index is 11.2. The highest BCUT2D eigenvalue weighted by Gasteiger charge is 2.23. The Morgan fingerprint density at radius 3 is 2.39 bits per heavy atom. The summed E-state index contributed by atoms with van der Waals surface area (Å²) >= 11 is 3.30. The van der Waals surface area contributed by atoms with Gasteiger partial charge in [-0.2, -0.15) is 0 Å². The van der Waals surface area contributed by atoms with Crippen molar-refractivity contribution in [2.24, 2.45) is 4.99 Å². The highest BCUT2D eigenvalue weighted by atomic mass is 79.9.